The van der Waals surface area contributed by atoms with Gasteiger partial charge >= 0.3 is 0 Å². The lowest BCUT2D eigenvalue weighted by Crippen LogP contribution is -2.50. The van der Waals surface area contributed by atoms with Crippen LogP contribution >= 0.6 is 0 Å². The number of primary amides is 1. The summed E-state index contributed by atoms with van der Waals surface area (Å²) in [7, 11) is 0. The Morgan fingerprint density at radius 1 is 1.26 bits per heavy atom. The monoisotopic (exact) mass is 371 g/mol. The molecule has 1 aromatic carbocycles. The molecule has 10 heteroatoms. The topological polar surface area (TPSA) is 136 Å². The van der Waals surface area contributed by atoms with Crippen molar-refractivity contribution in [2.24, 2.45) is 5.73 Å². The molecule has 3 N–H and O–H groups in total. The fraction of sp³-hybridized carbons (Fsp3) is 0.412. The summed E-state index contributed by atoms with van der Waals surface area (Å²) in [4.78, 5) is 37.8. The van der Waals surface area contributed by atoms with Gasteiger partial charge in [0.1, 0.15) is 6.54 Å². The number of carbonyl (C=O) groups excluding carboxylic acids is 3. The number of carbonyl (C=O) groups is 3. The van der Waals surface area contributed by atoms with Gasteiger partial charge < -0.3 is 16.0 Å². The smallest absolute Gasteiger partial charge is 0.248 e. The number of hydrogen-bond acceptors (Lipinski definition) is 6. The van der Waals surface area contributed by atoms with Crippen LogP contribution in [0.2, 0.25) is 0 Å². The summed E-state index contributed by atoms with van der Waals surface area (Å²) in [6, 6.07) is 6.49. The molecule has 1 aliphatic rings. The Bertz CT molecular complexity index is 846. The van der Waals surface area contributed by atoms with E-state index in [1.807, 2.05) is 0 Å². The largest absolute Gasteiger partial charge is 0.366 e. The summed E-state index contributed by atoms with van der Waals surface area (Å²) >= 11 is 0. The Labute approximate surface area is 155 Å². The first-order valence-electron chi connectivity index (χ1n) is 8.65. The van der Waals surface area contributed by atoms with Crippen LogP contribution < -0.4 is 11.1 Å². The van der Waals surface area contributed by atoms with Crippen LogP contribution in [0.4, 0.5) is 0 Å². The fourth-order valence-corrected chi connectivity index (χ4v) is 3.04. The van der Waals surface area contributed by atoms with E-state index in [0.717, 1.165) is 12.8 Å². The second-order valence-corrected chi connectivity index (χ2v) is 6.46. The van der Waals surface area contributed by atoms with Gasteiger partial charge in [-0.2, -0.15) is 4.80 Å². The third-order valence-corrected chi connectivity index (χ3v) is 4.34. The first kappa shape index (κ1) is 18.5. The van der Waals surface area contributed by atoms with Crippen LogP contribution in [0, 0.1) is 0 Å². The molecule has 0 radical (unpaired) electrons. The molecule has 2 aromatic rings. The van der Waals surface area contributed by atoms with Gasteiger partial charge in [0.05, 0.1) is 0 Å². The zero-order valence-electron chi connectivity index (χ0n) is 15.0. The lowest BCUT2D eigenvalue weighted by Gasteiger charge is -2.32. The Morgan fingerprint density at radius 2 is 2.00 bits per heavy atom. The number of rotatable bonds is 5. The van der Waals surface area contributed by atoms with Gasteiger partial charge in [-0.25, -0.2) is 0 Å². The highest BCUT2D eigenvalue weighted by atomic mass is 16.2. The molecule has 0 saturated carbocycles. The van der Waals surface area contributed by atoms with Crippen LogP contribution in [0.25, 0.3) is 11.4 Å². The van der Waals surface area contributed by atoms with Crippen LogP contribution in [-0.4, -0.2) is 62.0 Å². The maximum Gasteiger partial charge on any atom is 0.248 e. The normalized spacial score (nSPS) is 16.8. The van der Waals surface area contributed by atoms with Crippen LogP contribution in [0.5, 0.6) is 0 Å². The molecule has 1 aromatic heterocycles. The van der Waals surface area contributed by atoms with Crippen LogP contribution in [-0.2, 0) is 16.1 Å². The predicted octanol–water partition coefficient (Wildman–Crippen LogP) is -0.434. The van der Waals surface area contributed by atoms with Crippen molar-refractivity contribution in [2.75, 3.05) is 13.1 Å². The number of hydrogen-bond donors (Lipinski definition) is 2. The summed E-state index contributed by atoms with van der Waals surface area (Å²) in [5, 5.41) is 14.9. The van der Waals surface area contributed by atoms with Gasteiger partial charge in [0, 0.05) is 37.2 Å². The molecular weight excluding hydrogens is 350 g/mol. The number of likely N-dealkylation sites (tertiary alicyclic amines) is 1. The van der Waals surface area contributed by atoms with Crippen molar-refractivity contribution in [3.05, 3.63) is 29.8 Å². The molecule has 1 saturated heterocycles. The molecule has 1 unspecified atom stereocenters. The third kappa shape index (κ3) is 4.66. The number of nitrogens with two attached hydrogens (primary N) is 1. The van der Waals surface area contributed by atoms with Gasteiger partial charge in [0.25, 0.3) is 0 Å². The van der Waals surface area contributed by atoms with Gasteiger partial charge in [-0.05, 0) is 30.2 Å². The quantitative estimate of drug-likeness (QED) is 0.732. The van der Waals surface area contributed by atoms with E-state index >= 15 is 0 Å². The first-order chi connectivity index (χ1) is 12.9. The molecule has 10 nitrogen and oxygen atoms in total. The summed E-state index contributed by atoms with van der Waals surface area (Å²) in [5.74, 6) is -0.381. The van der Waals surface area contributed by atoms with Crippen molar-refractivity contribution < 1.29 is 14.4 Å². The van der Waals surface area contributed by atoms with Crippen LogP contribution in [0.1, 0.15) is 30.1 Å². The van der Waals surface area contributed by atoms with E-state index in [2.05, 4.69) is 20.7 Å². The van der Waals surface area contributed by atoms with E-state index in [0.29, 0.717) is 30.0 Å². The highest BCUT2D eigenvalue weighted by Gasteiger charge is 2.24. The minimum atomic E-state index is -0.511. The molecule has 1 atom stereocenters. The summed E-state index contributed by atoms with van der Waals surface area (Å²) in [6.45, 7) is 2.57. The average Bonchev–Trinajstić information content (AvgIpc) is 3.10. The molecule has 0 aliphatic carbocycles. The Hall–Kier alpha value is -3.30. The van der Waals surface area contributed by atoms with Crippen LogP contribution in [0.3, 0.4) is 0 Å². The molecule has 2 heterocycles. The fourth-order valence-electron chi connectivity index (χ4n) is 3.04. The standard InChI is InChI=1S/C17H21N7O3/c1-11(25)19-14-3-2-8-23(9-14)15(26)10-24-21-17(20-22-24)13-6-4-12(5-7-13)16(18)27/h4-7,14H,2-3,8-10H2,1H3,(H2,18,27)(H,19,25). The maximum atomic E-state index is 12.5. The second-order valence-electron chi connectivity index (χ2n) is 6.46. The number of piperidine rings is 1. The van der Waals surface area contributed by atoms with Crippen molar-refractivity contribution in [1.29, 1.82) is 0 Å². The van der Waals surface area contributed by atoms with E-state index < -0.39 is 5.91 Å². The van der Waals surface area contributed by atoms with Gasteiger partial charge in [0.2, 0.25) is 23.5 Å². The maximum absolute atomic E-state index is 12.5. The molecule has 1 fully saturated rings. The van der Waals surface area contributed by atoms with E-state index in [1.54, 1.807) is 29.2 Å². The van der Waals surface area contributed by atoms with E-state index in [9.17, 15) is 14.4 Å². The third-order valence-electron chi connectivity index (χ3n) is 4.34. The SMILES string of the molecule is CC(=O)NC1CCCN(C(=O)Cn2nnc(-c3ccc(C(N)=O)cc3)n2)C1. The highest BCUT2D eigenvalue weighted by Crippen LogP contribution is 2.15. The Kier molecular flexibility index (Phi) is 5.43. The predicted molar refractivity (Wildman–Crippen MR) is 95.2 cm³/mol. The lowest BCUT2D eigenvalue weighted by molar-refractivity contribution is -0.134. The molecular formula is C17H21N7O3. The van der Waals surface area contributed by atoms with Gasteiger partial charge in [-0.3, -0.25) is 14.4 Å². The van der Waals surface area contributed by atoms with Gasteiger partial charge in [-0.15, -0.1) is 10.2 Å². The van der Waals surface area contributed by atoms with E-state index in [4.69, 9.17) is 5.73 Å². The lowest BCUT2D eigenvalue weighted by atomic mass is 10.1. The summed E-state index contributed by atoms with van der Waals surface area (Å²) in [6.07, 6.45) is 1.69. The molecule has 0 bridgehead atoms. The first-order valence-corrected chi connectivity index (χ1v) is 8.65. The number of benzene rings is 1. The van der Waals surface area contributed by atoms with E-state index in [1.165, 1.54) is 11.7 Å². The zero-order chi connectivity index (χ0) is 19.4. The number of amides is 3. The molecule has 3 rings (SSSR count). The number of nitrogens with one attached hydrogen (secondary N) is 1. The van der Waals surface area contributed by atoms with Crippen molar-refractivity contribution in [3.8, 4) is 11.4 Å². The number of tetrazole rings is 1. The summed E-state index contributed by atoms with van der Waals surface area (Å²) in [5.41, 5.74) is 6.27. The Balaban J connectivity index is 1.62. The minimum absolute atomic E-state index is 0.0248. The van der Waals surface area contributed by atoms with Crippen LogP contribution in [0.15, 0.2) is 24.3 Å². The Morgan fingerprint density at radius 3 is 2.67 bits per heavy atom. The minimum Gasteiger partial charge on any atom is -0.366 e. The number of aromatic nitrogens is 4. The van der Waals surface area contributed by atoms with Crippen molar-refractivity contribution >= 4 is 17.7 Å². The molecule has 27 heavy (non-hydrogen) atoms. The molecule has 1 aliphatic heterocycles. The van der Waals surface area contributed by atoms with Gasteiger partial charge in [-0.1, -0.05) is 12.1 Å². The van der Waals surface area contributed by atoms with Crippen molar-refractivity contribution in [3.63, 3.8) is 0 Å². The van der Waals surface area contributed by atoms with Crippen molar-refractivity contribution in [1.82, 2.24) is 30.4 Å². The zero-order valence-corrected chi connectivity index (χ0v) is 15.0. The molecule has 3 amide bonds. The van der Waals surface area contributed by atoms with Gasteiger partial charge in [0.15, 0.2) is 0 Å². The highest BCUT2D eigenvalue weighted by molar-refractivity contribution is 5.93. The van der Waals surface area contributed by atoms with E-state index in [-0.39, 0.29) is 24.4 Å². The molecule has 0 spiro atoms. The summed E-state index contributed by atoms with van der Waals surface area (Å²) < 4.78 is 0. The molecule has 142 valence electrons. The second kappa shape index (κ2) is 7.94. The average molecular weight is 371 g/mol. The number of nitrogens with zero attached hydrogens (tertiary/aromatic N) is 5. The van der Waals surface area contributed by atoms with Crippen molar-refractivity contribution in [2.45, 2.75) is 32.4 Å².